The van der Waals surface area contributed by atoms with Crippen LogP contribution in [0.15, 0.2) is 0 Å². The molecule has 0 aliphatic carbocycles. The molecule has 1 atom stereocenters. The van der Waals surface area contributed by atoms with E-state index in [9.17, 15) is 9.59 Å². The molecule has 3 N–H and O–H groups in total. The molecule has 21 heavy (non-hydrogen) atoms. The van der Waals surface area contributed by atoms with E-state index in [0.717, 1.165) is 26.1 Å². The lowest BCUT2D eigenvalue weighted by atomic mass is 10.2. The maximum atomic E-state index is 11.4. The van der Waals surface area contributed by atoms with Crippen LogP contribution in [0.25, 0.3) is 0 Å². The fraction of sp³-hybridized carbons (Fsp3) is 0.867. The zero-order chi connectivity index (χ0) is 16.1. The molecule has 6 heteroatoms. The van der Waals surface area contributed by atoms with Gasteiger partial charge in [-0.15, -0.1) is 0 Å². The molecule has 0 fully saturated rings. The summed E-state index contributed by atoms with van der Waals surface area (Å²) in [5.74, 6) is -1.03. The Hall–Kier alpha value is -1.30. The van der Waals surface area contributed by atoms with Gasteiger partial charge in [0.25, 0.3) is 0 Å². The third-order valence-electron chi connectivity index (χ3n) is 3.31. The van der Waals surface area contributed by atoms with Gasteiger partial charge in [0.1, 0.15) is 6.04 Å². The third kappa shape index (κ3) is 11.1. The molecule has 2 amide bonds. The van der Waals surface area contributed by atoms with Crippen LogP contribution in [0.5, 0.6) is 0 Å². The van der Waals surface area contributed by atoms with Crippen LogP contribution in [-0.2, 0) is 4.79 Å². The van der Waals surface area contributed by atoms with Gasteiger partial charge in [0.2, 0.25) is 0 Å². The summed E-state index contributed by atoms with van der Waals surface area (Å²) in [7, 11) is 0. The predicted octanol–water partition coefficient (Wildman–Crippen LogP) is 2.05. The number of nitrogens with one attached hydrogen (secondary N) is 2. The van der Waals surface area contributed by atoms with Crippen molar-refractivity contribution in [2.75, 3.05) is 26.2 Å². The van der Waals surface area contributed by atoms with Crippen molar-refractivity contribution in [3.63, 3.8) is 0 Å². The van der Waals surface area contributed by atoms with Crippen molar-refractivity contribution in [3.05, 3.63) is 0 Å². The number of hydrogen-bond donors (Lipinski definition) is 3. The topological polar surface area (TPSA) is 81.7 Å². The van der Waals surface area contributed by atoms with Crippen LogP contribution in [0.2, 0.25) is 0 Å². The van der Waals surface area contributed by atoms with Gasteiger partial charge in [-0.05, 0) is 45.8 Å². The molecule has 0 saturated heterocycles. The number of carboxylic acids is 1. The Morgan fingerprint density at radius 1 is 1.05 bits per heavy atom. The van der Waals surface area contributed by atoms with E-state index >= 15 is 0 Å². The van der Waals surface area contributed by atoms with Crippen molar-refractivity contribution >= 4 is 12.0 Å². The molecule has 0 aliphatic heterocycles. The van der Waals surface area contributed by atoms with E-state index in [-0.39, 0.29) is 0 Å². The molecule has 0 rings (SSSR count). The van der Waals surface area contributed by atoms with Crippen LogP contribution in [0.4, 0.5) is 4.79 Å². The van der Waals surface area contributed by atoms with Gasteiger partial charge in [0.05, 0.1) is 0 Å². The van der Waals surface area contributed by atoms with Crippen molar-refractivity contribution in [2.24, 2.45) is 0 Å². The Bertz CT molecular complexity index is 290. The zero-order valence-electron chi connectivity index (χ0n) is 13.7. The quantitative estimate of drug-likeness (QED) is 0.482. The zero-order valence-corrected chi connectivity index (χ0v) is 13.7. The minimum atomic E-state index is -1.03. The number of rotatable bonds is 12. The lowest BCUT2D eigenvalue weighted by Crippen LogP contribution is -2.45. The standard InChI is InChI=1S/C15H31N3O3/c1-4-6-10-18(11-7-5-2)12-8-9-16-15(21)17-13(3)14(19)20/h13H,4-12H2,1-3H3,(H,19,20)(H2,16,17,21). The van der Waals surface area contributed by atoms with E-state index in [1.807, 2.05) is 0 Å². The van der Waals surface area contributed by atoms with Gasteiger partial charge < -0.3 is 20.6 Å². The van der Waals surface area contributed by atoms with Gasteiger partial charge in [-0.1, -0.05) is 26.7 Å². The maximum absolute atomic E-state index is 11.4. The molecule has 0 aromatic carbocycles. The minimum Gasteiger partial charge on any atom is -0.480 e. The summed E-state index contributed by atoms with van der Waals surface area (Å²) in [6.07, 6.45) is 5.66. The number of nitrogens with zero attached hydrogens (tertiary/aromatic N) is 1. The number of carbonyl (C=O) groups is 2. The van der Waals surface area contributed by atoms with Gasteiger partial charge in [0, 0.05) is 6.54 Å². The van der Waals surface area contributed by atoms with Crippen LogP contribution in [0.3, 0.4) is 0 Å². The number of aliphatic carboxylic acids is 1. The summed E-state index contributed by atoms with van der Waals surface area (Å²) in [5.41, 5.74) is 0. The second-order valence-electron chi connectivity index (χ2n) is 5.36. The van der Waals surface area contributed by atoms with Crippen LogP contribution in [0.1, 0.15) is 52.9 Å². The first kappa shape index (κ1) is 19.7. The number of unbranched alkanes of at least 4 members (excludes halogenated alkanes) is 2. The molecule has 124 valence electrons. The second kappa shape index (κ2) is 12.4. The first-order valence-electron chi connectivity index (χ1n) is 8.00. The van der Waals surface area contributed by atoms with Gasteiger partial charge in [0.15, 0.2) is 0 Å². The average Bonchev–Trinajstić information content (AvgIpc) is 2.45. The van der Waals surface area contributed by atoms with Crippen molar-refractivity contribution in [1.29, 1.82) is 0 Å². The van der Waals surface area contributed by atoms with E-state index in [4.69, 9.17) is 5.11 Å². The van der Waals surface area contributed by atoms with Gasteiger partial charge in [-0.2, -0.15) is 0 Å². The Morgan fingerprint density at radius 2 is 1.57 bits per heavy atom. The van der Waals surface area contributed by atoms with Crippen molar-refractivity contribution in [2.45, 2.75) is 58.9 Å². The van der Waals surface area contributed by atoms with Crippen LogP contribution >= 0.6 is 0 Å². The fourth-order valence-electron chi connectivity index (χ4n) is 1.91. The summed E-state index contributed by atoms with van der Waals surface area (Å²) in [5, 5.41) is 13.8. The van der Waals surface area contributed by atoms with Crippen LogP contribution in [0, 0.1) is 0 Å². The Labute approximate surface area is 128 Å². The smallest absolute Gasteiger partial charge is 0.325 e. The molecular weight excluding hydrogens is 270 g/mol. The molecule has 0 spiro atoms. The molecule has 0 aliphatic rings. The van der Waals surface area contributed by atoms with Crippen LogP contribution in [-0.4, -0.2) is 54.2 Å². The highest BCUT2D eigenvalue weighted by molar-refractivity contribution is 5.82. The van der Waals surface area contributed by atoms with Gasteiger partial charge in [-0.3, -0.25) is 4.79 Å². The Balaban J connectivity index is 3.81. The highest BCUT2D eigenvalue weighted by atomic mass is 16.4. The van der Waals surface area contributed by atoms with E-state index in [0.29, 0.717) is 6.54 Å². The Kier molecular flexibility index (Phi) is 11.7. The lowest BCUT2D eigenvalue weighted by Gasteiger charge is -2.22. The first-order chi connectivity index (χ1) is 10.0. The normalized spacial score (nSPS) is 12.2. The summed E-state index contributed by atoms with van der Waals surface area (Å²) < 4.78 is 0. The van der Waals surface area contributed by atoms with Gasteiger partial charge >= 0.3 is 12.0 Å². The van der Waals surface area contributed by atoms with Crippen molar-refractivity contribution in [3.8, 4) is 0 Å². The molecule has 0 bridgehead atoms. The molecule has 0 saturated carbocycles. The third-order valence-corrected chi connectivity index (χ3v) is 3.31. The minimum absolute atomic E-state index is 0.418. The fourth-order valence-corrected chi connectivity index (χ4v) is 1.91. The van der Waals surface area contributed by atoms with Crippen molar-refractivity contribution in [1.82, 2.24) is 15.5 Å². The monoisotopic (exact) mass is 301 g/mol. The number of hydrogen-bond acceptors (Lipinski definition) is 3. The van der Waals surface area contributed by atoms with E-state index < -0.39 is 18.0 Å². The number of carbonyl (C=O) groups excluding carboxylic acids is 1. The molecule has 1 unspecified atom stereocenters. The van der Waals surface area contributed by atoms with Crippen LogP contribution < -0.4 is 10.6 Å². The molecule has 0 aromatic heterocycles. The lowest BCUT2D eigenvalue weighted by molar-refractivity contribution is -0.138. The summed E-state index contributed by atoms with van der Waals surface area (Å²) in [6.45, 7) is 9.57. The summed E-state index contributed by atoms with van der Waals surface area (Å²) in [6, 6.07) is -1.28. The first-order valence-corrected chi connectivity index (χ1v) is 8.00. The SMILES string of the molecule is CCCCN(CCCC)CCCNC(=O)NC(C)C(=O)O. The van der Waals surface area contributed by atoms with Crippen molar-refractivity contribution < 1.29 is 14.7 Å². The number of urea groups is 1. The number of carboxylic acid groups (broad SMARTS) is 1. The number of amides is 2. The maximum Gasteiger partial charge on any atom is 0.325 e. The van der Waals surface area contributed by atoms with Gasteiger partial charge in [-0.25, -0.2) is 4.79 Å². The predicted molar refractivity (Wildman–Crippen MR) is 84.5 cm³/mol. The molecule has 0 radical (unpaired) electrons. The highest BCUT2D eigenvalue weighted by Crippen LogP contribution is 2.00. The largest absolute Gasteiger partial charge is 0.480 e. The summed E-state index contributed by atoms with van der Waals surface area (Å²) >= 11 is 0. The molecule has 0 aromatic rings. The highest BCUT2D eigenvalue weighted by Gasteiger charge is 2.13. The molecular formula is C15H31N3O3. The average molecular weight is 301 g/mol. The summed E-state index contributed by atoms with van der Waals surface area (Å²) in [4.78, 5) is 24.5. The second-order valence-corrected chi connectivity index (χ2v) is 5.36. The Morgan fingerprint density at radius 3 is 2.05 bits per heavy atom. The van der Waals surface area contributed by atoms with E-state index in [1.165, 1.54) is 32.6 Å². The molecule has 6 nitrogen and oxygen atoms in total. The van der Waals surface area contributed by atoms with E-state index in [2.05, 4.69) is 29.4 Å². The van der Waals surface area contributed by atoms with E-state index in [1.54, 1.807) is 0 Å². The molecule has 0 heterocycles.